The molecule has 2 aromatic carbocycles. The molecule has 1 aromatic heterocycles. The van der Waals surface area contributed by atoms with E-state index in [2.05, 4.69) is 10.5 Å². The zero-order chi connectivity index (χ0) is 24.3. The van der Waals surface area contributed by atoms with Crippen LogP contribution in [0.4, 0.5) is 4.39 Å². The first-order valence-corrected chi connectivity index (χ1v) is 13.1. The number of piperidine rings is 1. The van der Waals surface area contributed by atoms with Gasteiger partial charge in [0.15, 0.2) is 0 Å². The molecule has 10 heteroatoms. The Morgan fingerprint density at radius 1 is 1.26 bits per heavy atom. The van der Waals surface area contributed by atoms with Gasteiger partial charge in [0.2, 0.25) is 15.9 Å². The van der Waals surface area contributed by atoms with Crippen molar-refractivity contribution in [2.75, 3.05) is 18.8 Å². The maximum absolute atomic E-state index is 14.3. The maximum atomic E-state index is 14.3. The molecule has 1 atom stereocenters. The van der Waals surface area contributed by atoms with Gasteiger partial charge in [0.1, 0.15) is 5.82 Å². The summed E-state index contributed by atoms with van der Waals surface area (Å²) in [5, 5.41) is 5.37. The number of amides is 1. The van der Waals surface area contributed by atoms with Gasteiger partial charge in [-0.2, -0.15) is 5.10 Å². The Morgan fingerprint density at radius 2 is 2.06 bits per heavy atom. The number of hydrogen-bond donors (Lipinski definition) is 1. The van der Waals surface area contributed by atoms with E-state index in [1.165, 1.54) is 10.4 Å². The molecule has 7 nitrogen and oxygen atoms in total. The lowest BCUT2D eigenvalue weighted by atomic mass is 9.99. The van der Waals surface area contributed by atoms with Crippen molar-refractivity contribution in [2.45, 2.75) is 26.3 Å². The number of carbonyl (C=O) groups is 1. The van der Waals surface area contributed by atoms with Crippen molar-refractivity contribution in [1.29, 1.82) is 0 Å². The van der Waals surface area contributed by atoms with E-state index in [0.717, 1.165) is 16.5 Å². The summed E-state index contributed by atoms with van der Waals surface area (Å²) in [6.45, 7) is 2.45. The van der Waals surface area contributed by atoms with Crippen molar-refractivity contribution in [3.05, 3.63) is 70.6 Å². The van der Waals surface area contributed by atoms with E-state index >= 15 is 0 Å². The number of para-hydroxylation sites is 1. The van der Waals surface area contributed by atoms with Crippen LogP contribution in [-0.4, -0.2) is 48.3 Å². The molecule has 180 valence electrons. The van der Waals surface area contributed by atoms with Crippen LogP contribution in [0.3, 0.4) is 0 Å². The SMILES string of the molecule is CCS(=O)(=O)N1CCCC(C(=O)N/N=C/c2cn(Cc3c(F)cccc3Cl)c3ccccc23)C1. The Kier molecular flexibility index (Phi) is 7.35. The predicted octanol–water partition coefficient (Wildman–Crippen LogP) is 3.99. The molecule has 0 saturated carbocycles. The minimum atomic E-state index is -3.33. The summed E-state index contributed by atoms with van der Waals surface area (Å²) < 4.78 is 41.9. The standard InChI is InChI=1S/C24H26ClFN4O3S/c1-2-34(32,33)30-12-6-7-17(15-30)24(31)28-27-13-18-14-29(23-11-4-3-8-19(18)23)16-20-21(25)9-5-10-22(20)26/h3-5,8-11,13-14,17H,2,6-7,12,15-16H2,1H3,(H,28,31)/b27-13+. The smallest absolute Gasteiger partial charge is 0.244 e. The molecular formula is C24H26ClFN4O3S. The van der Waals surface area contributed by atoms with Gasteiger partial charge in [-0.3, -0.25) is 4.79 Å². The molecule has 4 rings (SSSR count). The Labute approximate surface area is 203 Å². The zero-order valence-corrected chi connectivity index (χ0v) is 20.3. The van der Waals surface area contributed by atoms with Crippen molar-refractivity contribution in [2.24, 2.45) is 11.0 Å². The summed E-state index contributed by atoms with van der Waals surface area (Å²) in [7, 11) is -3.33. The predicted molar refractivity (Wildman–Crippen MR) is 132 cm³/mol. The van der Waals surface area contributed by atoms with Gasteiger partial charge >= 0.3 is 0 Å². The highest BCUT2D eigenvalue weighted by Gasteiger charge is 2.31. The van der Waals surface area contributed by atoms with Crippen LogP contribution < -0.4 is 5.43 Å². The number of carbonyl (C=O) groups excluding carboxylic acids is 1. The van der Waals surface area contributed by atoms with Crippen molar-refractivity contribution in [1.82, 2.24) is 14.3 Å². The molecule has 34 heavy (non-hydrogen) atoms. The van der Waals surface area contributed by atoms with E-state index in [4.69, 9.17) is 11.6 Å². The fourth-order valence-electron chi connectivity index (χ4n) is 4.21. The lowest BCUT2D eigenvalue weighted by molar-refractivity contribution is -0.126. The molecule has 1 aliphatic heterocycles. The van der Waals surface area contributed by atoms with E-state index in [1.54, 1.807) is 25.3 Å². The second kappa shape index (κ2) is 10.2. The van der Waals surface area contributed by atoms with E-state index in [1.807, 2.05) is 35.0 Å². The van der Waals surface area contributed by atoms with Crippen molar-refractivity contribution < 1.29 is 17.6 Å². The minimum Gasteiger partial charge on any atom is -0.342 e. The van der Waals surface area contributed by atoms with Crippen molar-refractivity contribution >= 4 is 44.6 Å². The van der Waals surface area contributed by atoms with Crippen LogP contribution >= 0.6 is 11.6 Å². The van der Waals surface area contributed by atoms with Crippen LogP contribution in [0.25, 0.3) is 10.9 Å². The van der Waals surface area contributed by atoms with E-state index in [9.17, 15) is 17.6 Å². The Balaban J connectivity index is 1.50. The normalized spacial score (nSPS) is 17.4. The average Bonchev–Trinajstić information content (AvgIpc) is 3.19. The molecule has 0 bridgehead atoms. The minimum absolute atomic E-state index is 0.0155. The van der Waals surface area contributed by atoms with Crippen LogP contribution in [0.5, 0.6) is 0 Å². The van der Waals surface area contributed by atoms with Gasteiger partial charge in [-0.05, 0) is 38.0 Å². The summed E-state index contributed by atoms with van der Waals surface area (Å²) in [4.78, 5) is 12.6. The first-order chi connectivity index (χ1) is 16.3. The summed E-state index contributed by atoms with van der Waals surface area (Å²) in [6.07, 6.45) is 4.62. The molecule has 2 heterocycles. The Bertz CT molecular complexity index is 1320. The molecule has 1 saturated heterocycles. The fourth-order valence-corrected chi connectivity index (χ4v) is 5.61. The zero-order valence-electron chi connectivity index (χ0n) is 18.7. The van der Waals surface area contributed by atoms with Crippen LogP contribution in [-0.2, 0) is 21.4 Å². The number of benzene rings is 2. The second-order valence-corrected chi connectivity index (χ2v) is 10.9. The third-order valence-corrected chi connectivity index (χ3v) is 8.30. The fraction of sp³-hybridized carbons (Fsp3) is 0.333. The van der Waals surface area contributed by atoms with Gasteiger partial charge < -0.3 is 4.57 Å². The Morgan fingerprint density at radius 3 is 2.82 bits per heavy atom. The summed E-state index contributed by atoms with van der Waals surface area (Å²) in [5.41, 5.74) is 4.57. The van der Waals surface area contributed by atoms with E-state index in [-0.39, 0.29) is 30.6 Å². The van der Waals surface area contributed by atoms with Crippen molar-refractivity contribution in [3.63, 3.8) is 0 Å². The van der Waals surface area contributed by atoms with Crippen LogP contribution in [0.1, 0.15) is 30.9 Å². The van der Waals surface area contributed by atoms with Crippen LogP contribution in [0, 0.1) is 11.7 Å². The summed E-state index contributed by atoms with van der Waals surface area (Å²) in [5.74, 6) is -1.12. The van der Waals surface area contributed by atoms with Gasteiger partial charge in [0.05, 0.1) is 24.4 Å². The topological polar surface area (TPSA) is 83.8 Å². The van der Waals surface area contributed by atoms with Crippen LogP contribution in [0.2, 0.25) is 5.02 Å². The molecular weight excluding hydrogens is 479 g/mol. The average molecular weight is 505 g/mol. The molecule has 1 amide bonds. The molecule has 1 fully saturated rings. The molecule has 0 aliphatic carbocycles. The maximum Gasteiger partial charge on any atom is 0.244 e. The molecule has 0 radical (unpaired) electrons. The number of sulfonamides is 1. The quantitative estimate of drug-likeness (QED) is 0.390. The third-order valence-electron chi connectivity index (χ3n) is 6.10. The number of hydrazone groups is 1. The highest BCUT2D eigenvalue weighted by atomic mass is 35.5. The first-order valence-electron chi connectivity index (χ1n) is 11.1. The molecule has 1 aliphatic rings. The summed E-state index contributed by atoms with van der Waals surface area (Å²) in [6, 6.07) is 12.2. The third kappa shape index (κ3) is 5.16. The second-order valence-electron chi connectivity index (χ2n) is 8.26. The van der Waals surface area contributed by atoms with Gasteiger partial charge in [-0.25, -0.2) is 22.5 Å². The van der Waals surface area contributed by atoms with Gasteiger partial charge in [-0.15, -0.1) is 0 Å². The molecule has 3 aromatic rings. The summed E-state index contributed by atoms with van der Waals surface area (Å²) >= 11 is 6.21. The number of hydrogen-bond acceptors (Lipinski definition) is 4. The number of halogens is 2. The largest absolute Gasteiger partial charge is 0.342 e. The number of rotatable bonds is 7. The number of fused-ring (bicyclic) bond motifs is 1. The number of nitrogens with one attached hydrogen (secondary N) is 1. The van der Waals surface area contributed by atoms with E-state index in [0.29, 0.717) is 30.0 Å². The van der Waals surface area contributed by atoms with Crippen LogP contribution in [0.15, 0.2) is 53.8 Å². The van der Waals surface area contributed by atoms with E-state index < -0.39 is 15.9 Å². The number of aromatic nitrogens is 1. The lowest BCUT2D eigenvalue weighted by Crippen LogP contribution is -2.45. The van der Waals surface area contributed by atoms with Gasteiger partial charge in [0, 0.05) is 46.3 Å². The van der Waals surface area contributed by atoms with Gasteiger partial charge in [0.25, 0.3) is 0 Å². The van der Waals surface area contributed by atoms with Crippen molar-refractivity contribution in [3.8, 4) is 0 Å². The highest BCUT2D eigenvalue weighted by Crippen LogP contribution is 2.25. The molecule has 1 unspecified atom stereocenters. The first kappa shape index (κ1) is 24.4. The molecule has 1 N–H and O–H groups in total. The number of nitrogens with zero attached hydrogens (tertiary/aromatic N) is 3. The highest BCUT2D eigenvalue weighted by molar-refractivity contribution is 7.89. The monoisotopic (exact) mass is 504 g/mol. The lowest BCUT2D eigenvalue weighted by Gasteiger charge is -2.30. The molecule has 0 spiro atoms. The van der Waals surface area contributed by atoms with Gasteiger partial charge in [-0.1, -0.05) is 35.9 Å². The Hall–Kier alpha value is -2.75.